The highest BCUT2D eigenvalue weighted by molar-refractivity contribution is 14.0. The van der Waals surface area contributed by atoms with Crippen molar-refractivity contribution in [3.8, 4) is 0 Å². The van der Waals surface area contributed by atoms with Crippen LogP contribution in [0.1, 0.15) is 39.7 Å². The summed E-state index contributed by atoms with van der Waals surface area (Å²) in [7, 11) is 6.03. The number of hydrogen-bond acceptors (Lipinski definition) is 4. The summed E-state index contributed by atoms with van der Waals surface area (Å²) in [6, 6.07) is 9.17. The highest BCUT2D eigenvalue weighted by atomic mass is 127. The summed E-state index contributed by atoms with van der Waals surface area (Å²) in [4.78, 5) is 12.3. The average Bonchev–Trinajstić information content (AvgIpc) is 2.95. The zero-order valence-corrected chi connectivity index (χ0v) is 20.3. The van der Waals surface area contributed by atoms with E-state index < -0.39 is 0 Å². The Morgan fingerprint density at radius 3 is 2.33 bits per heavy atom. The molecule has 7 heteroatoms. The topological polar surface area (TPSA) is 52.6 Å². The van der Waals surface area contributed by atoms with E-state index in [1.807, 2.05) is 6.92 Å². The molecule has 1 heterocycles. The fourth-order valence-corrected chi connectivity index (χ4v) is 3.77. The van der Waals surface area contributed by atoms with Crippen molar-refractivity contribution < 1.29 is 0 Å². The summed E-state index contributed by atoms with van der Waals surface area (Å²) in [6.07, 6.45) is 1.07. The van der Waals surface area contributed by atoms with Crippen LogP contribution in [-0.2, 0) is 13.0 Å². The van der Waals surface area contributed by atoms with Gasteiger partial charge in [-0.1, -0.05) is 31.2 Å². The monoisotopic (exact) mass is 501 g/mol. The molecule has 5 nitrogen and oxygen atoms in total. The van der Waals surface area contributed by atoms with E-state index in [0.717, 1.165) is 36.2 Å². The van der Waals surface area contributed by atoms with Gasteiger partial charge in [0.1, 0.15) is 0 Å². The Bertz CT molecular complexity index is 724. The Balaban J connectivity index is 0.00000364. The van der Waals surface area contributed by atoms with E-state index in [2.05, 4.69) is 77.7 Å². The number of nitrogens with one attached hydrogen (secondary N) is 2. The van der Waals surface area contributed by atoms with Gasteiger partial charge in [-0.05, 0) is 45.5 Å². The van der Waals surface area contributed by atoms with E-state index in [9.17, 15) is 0 Å². The molecular weight excluding hydrogens is 469 g/mol. The lowest BCUT2D eigenvalue weighted by Crippen LogP contribution is -2.41. The lowest BCUT2D eigenvalue weighted by molar-refractivity contribution is 0.298. The first-order chi connectivity index (χ1) is 12.4. The molecule has 0 aliphatic heterocycles. The number of likely N-dealkylation sites (N-methyl/N-ethyl adjacent to an activating group) is 1. The van der Waals surface area contributed by atoms with Crippen molar-refractivity contribution in [2.75, 3.05) is 27.7 Å². The van der Waals surface area contributed by atoms with Crippen LogP contribution in [0.25, 0.3) is 0 Å². The minimum atomic E-state index is 0. The predicted octanol–water partition coefficient (Wildman–Crippen LogP) is 3.91. The minimum absolute atomic E-state index is 0. The quantitative estimate of drug-likeness (QED) is 0.343. The molecule has 0 aliphatic rings. The van der Waals surface area contributed by atoms with Gasteiger partial charge in [0.15, 0.2) is 5.96 Å². The Kier molecular flexibility index (Phi) is 10.3. The molecule has 0 amide bonds. The van der Waals surface area contributed by atoms with E-state index in [4.69, 9.17) is 0 Å². The van der Waals surface area contributed by atoms with Crippen molar-refractivity contribution in [3.63, 3.8) is 0 Å². The molecule has 1 unspecified atom stereocenters. The number of halogens is 1. The summed E-state index contributed by atoms with van der Waals surface area (Å²) >= 11 is 1.73. The van der Waals surface area contributed by atoms with Crippen LogP contribution in [-0.4, -0.2) is 43.5 Å². The normalized spacial score (nSPS) is 12.6. The number of aromatic nitrogens is 1. The smallest absolute Gasteiger partial charge is 0.191 e. The summed E-state index contributed by atoms with van der Waals surface area (Å²) < 4.78 is 0. The van der Waals surface area contributed by atoms with Crippen LogP contribution in [0.5, 0.6) is 0 Å². The van der Waals surface area contributed by atoms with Gasteiger partial charge in [0.05, 0.1) is 23.3 Å². The summed E-state index contributed by atoms with van der Waals surface area (Å²) in [5.41, 5.74) is 3.77. The zero-order chi connectivity index (χ0) is 19.1. The second kappa shape index (κ2) is 11.6. The average molecular weight is 501 g/mol. The Morgan fingerprint density at radius 2 is 1.85 bits per heavy atom. The van der Waals surface area contributed by atoms with E-state index in [1.165, 1.54) is 16.0 Å². The van der Waals surface area contributed by atoms with Gasteiger partial charge >= 0.3 is 0 Å². The van der Waals surface area contributed by atoms with E-state index >= 15 is 0 Å². The van der Waals surface area contributed by atoms with Crippen molar-refractivity contribution in [1.29, 1.82) is 0 Å². The van der Waals surface area contributed by atoms with Crippen molar-refractivity contribution in [3.05, 3.63) is 51.0 Å². The second-order valence-electron chi connectivity index (χ2n) is 6.62. The Hall–Kier alpha value is -1.19. The van der Waals surface area contributed by atoms with Crippen LogP contribution in [0.4, 0.5) is 0 Å². The number of benzene rings is 1. The van der Waals surface area contributed by atoms with Crippen LogP contribution in [0.15, 0.2) is 29.3 Å². The van der Waals surface area contributed by atoms with Crippen molar-refractivity contribution >= 4 is 41.3 Å². The number of nitrogens with zero attached hydrogens (tertiary/aromatic N) is 3. The van der Waals surface area contributed by atoms with Crippen LogP contribution >= 0.6 is 35.3 Å². The van der Waals surface area contributed by atoms with Crippen molar-refractivity contribution in [2.45, 2.75) is 39.8 Å². The highest BCUT2D eigenvalue weighted by Crippen LogP contribution is 2.19. The maximum atomic E-state index is 4.48. The van der Waals surface area contributed by atoms with Gasteiger partial charge in [-0.15, -0.1) is 35.3 Å². The molecule has 0 bridgehead atoms. The van der Waals surface area contributed by atoms with E-state index in [1.54, 1.807) is 18.4 Å². The van der Waals surface area contributed by atoms with Crippen molar-refractivity contribution in [1.82, 2.24) is 20.5 Å². The minimum Gasteiger partial charge on any atom is -0.354 e. The van der Waals surface area contributed by atoms with Gasteiger partial charge in [-0.3, -0.25) is 4.99 Å². The third-order valence-corrected chi connectivity index (χ3v) is 5.57. The van der Waals surface area contributed by atoms with E-state index in [-0.39, 0.29) is 30.0 Å². The molecule has 2 rings (SSSR count). The SMILES string of the molecule is CCc1ccc(C(CNC(=NC)NCc2sc(C)nc2C)N(C)C)cc1.I. The van der Waals surface area contributed by atoms with Gasteiger partial charge < -0.3 is 15.5 Å². The molecule has 0 saturated carbocycles. The maximum absolute atomic E-state index is 4.48. The summed E-state index contributed by atoms with van der Waals surface area (Å²) in [6.45, 7) is 7.81. The standard InChI is InChI=1S/C20H31N5S.HI/c1-7-16-8-10-17(11-9-16)18(25(5)6)12-22-20(21-4)23-13-19-14(2)24-15(3)26-19;/h8-11,18H,7,12-13H2,1-6H3,(H2,21,22,23);1H. The molecule has 0 saturated heterocycles. The fraction of sp³-hybridized carbons (Fsp3) is 0.500. The van der Waals surface area contributed by atoms with Gasteiger partial charge in [0.25, 0.3) is 0 Å². The lowest BCUT2D eigenvalue weighted by atomic mass is 10.0. The van der Waals surface area contributed by atoms with Crippen LogP contribution < -0.4 is 10.6 Å². The molecule has 2 N–H and O–H groups in total. The van der Waals surface area contributed by atoms with Gasteiger partial charge in [0.2, 0.25) is 0 Å². The van der Waals surface area contributed by atoms with Crippen LogP contribution in [0.3, 0.4) is 0 Å². The largest absolute Gasteiger partial charge is 0.354 e. The van der Waals surface area contributed by atoms with E-state index in [0.29, 0.717) is 0 Å². The predicted molar refractivity (Wildman–Crippen MR) is 127 cm³/mol. The first kappa shape index (κ1) is 23.8. The molecule has 0 aliphatic carbocycles. The molecule has 0 radical (unpaired) electrons. The molecule has 1 aromatic carbocycles. The Morgan fingerprint density at radius 1 is 1.19 bits per heavy atom. The molecule has 0 spiro atoms. The van der Waals surface area contributed by atoms with Crippen LogP contribution in [0, 0.1) is 13.8 Å². The third-order valence-electron chi connectivity index (χ3n) is 4.50. The molecule has 150 valence electrons. The maximum Gasteiger partial charge on any atom is 0.191 e. The summed E-state index contributed by atoms with van der Waals surface area (Å²) in [5, 5.41) is 7.95. The molecular formula is C20H32IN5S. The van der Waals surface area contributed by atoms with Gasteiger partial charge in [-0.25, -0.2) is 4.98 Å². The molecule has 1 atom stereocenters. The number of thiazole rings is 1. The number of aliphatic imine (C=N–C) groups is 1. The second-order valence-corrected chi connectivity index (χ2v) is 7.91. The number of aryl methyl sites for hydroxylation is 3. The fourth-order valence-electron chi connectivity index (χ4n) is 2.89. The zero-order valence-electron chi connectivity index (χ0n) is 17.2. The summed E-state index contributed by atoms with van der Waals surface area (Å²) in [5.74, 6) is 0.812. The lowest BCUT2D eigenvalue weighted by Gasteiger charge is -2.26. The van der Waals surface area contributed by atoms with Crippen LogP contribution in [0.2, 0.25) is 0 Å². The number of hydrogen-bond donors (Lipinski definition) is 2. The first-order valence-corrected chi connectivity index (χ1v) is 9.89. The Labute approximate surface area is 184 Å². The molecule has 27 heavy (non-hydrogen) atoms. The number of rotatable bonds is 7. The first-order valence-electron chi connectivity index (χ1n) is 9.07. The van der Waals surface area contributed by atoms with Gasteiger partial charge in [0, 0.05) is 18.5 Å². The molecule has 2 aromatic rings. The number of guanidine groups is 1. The van der Waals surface area contributed by atoms with Gasteiger partial charge in [-0.2, -0.15) is 0 Å². The van der Waals surface area contributed by atoms with Crippen molar-refractivity contribution in [2.24, 2.45) is 4.99 Å². The highest BCUT2D eigenvalue weighted by Gasteiger charge is 2.15. The third kappa shape index (κ3) is 7.04. The molecule has 1 aromatic heterocycles. The molecule has 0 fully saturated rings.